The number of hydrogen-bond acceptors (Lipinski definition) is 9. The lowest BCUT2D eigenvalue weighted by Gasteiger charge is -2.24. The van der Waals surface area contributed by atoms with Gasteiger partial charge in [0.1, 0.15) is 18.8 Å². The molecule has 10 nitrogen and oxygen atoms in total. The van der Waals surface area contributed by atoms with Crippen LogP contribution in [0.15, 0.2) is 30.3 Å². The van der Waals surface area contributed by atoms with Crippen molar-refractivity contribution >= 4 is 5.97 Å². The highest BCUT2D eigenvalue weighted by atomic mass is 16.8. The van der Waals surface area contributed by atoms with Gasteiger partial charge in [-0.05, 0) is 57.2 Å². The molecular weight excluding hydrogens is 392 g/mol. The molecule has 0 radical (unpaired) electrons. The number of tetrazole rings is 1. The smallest absolute Gasteiger partial charge is 0.342 e. The van der Waals surface area contributed by atoms with Crippen molar-refractivity contribution in [3.05, 3.63) is 30.3 Å². The van der Waals surface area contributed by atoms with Crippen molar-refractivity contribution in [1.82, 2.24) is 20.2 Å². The van der Waals surface area contributed by atoms with Crippen LogP contribution < -0.4 is 4.74 Å². The van der Waals surface area contributed by atoms with E-state index in [-0.39, 0.29) is 18.6 Å². The molecule has 0 aliphatic carbocycles. The number of carbonyl (C=O) groups excluding carboxylic acids is 1. The van der Waals surface area contributed by atoms with Crippen LogP contribution in [0.2, 0.25) is 0 Å². The second-order valence-electron chi connectivity index (χ2n) is 8.78. The minimum absolute atomic E-state index is 0.0280. The normalized spacial score (nSPS) is 27.6. The number of benzene rings is 1. The highest BCUT2D eigenvalue weighted by Crippen LogP contribution is 2.39. The lowest BCUT2D eigenvalue weighted by molar-refractivity contribution is -0.220. The van der Waals surface area contributed by atoms with Gasteiger partial charge in [-0.25, -0.2) is 0 Å². The van der Waals surface area contributed by atoms with Gasteiger partial charge in [0.15, 0.2) is 11.9 Å². The topological polar surface area (TPSA) is 107 Å². The summed E-state index contributed by atoms with van der Waals surface area (Å²) >= 11 is 0. The van der Waals surface area contributed by atoms with Crippen LogP contribution in [0.25, 0.3) is 5.69 Å². The molecule has 0 N–H and O–H groups in total. The minimum Gasteiger partial charge on any atom is -0.462 e. The number of ether oxygens (including phenoxy) is 5. The minimum atomic E-state index is -0.830. The molecule has 0 spiro atoms. The molecule has 4 atom stereocenters. The predicted molar refractivity (Wildman–Crippen MR) is 103 cm³/mol. The Hall–Kier alpha value is -2.56. The summed E-state index contributed by atoms with van der Waals surface area (Å²) in [6.07, 6.45) is -2.37. The van der Waals surface area contributed by atoms with Crippen molar-refractivity contribution in [2.75, 3.05) is 6.61 Å². The maximum Gasteiger partial charge on any atom is 0.342 e. The number of rotatable bonds is 5. The first-order chi connectivity index (χ1) is 14.1. The first-order valence-electron chi connectivity index (χ1n) is 9.83. The number of fused-ring (bicyclic) bond motifs is 1. The van der Waals surface area contributed by atoms with E-state index < -0.39 is 35.8 Å². The molecule has 162 valence electrons. The van der Waals surface area contributed by atoms with E-state index in [2.05, 4.69) is 15.5 Å². The fourth-order valence-electron chi connectivity index (χ4n) is 3.33. The van der Waals surface area contributed by atoms with Crippen LogP contribution in [-0.2, 0) is 23.7 Å². The molecule has 10 heteroatoms. The van der Waals surface area contributed by atoms with Crippen LogP contribution >= 0.6 is 0 Å². The van der Waals surface area contributed by atoms with Gasteiger partial charge >= 0.3 is 12.0 Å². The van der Waals surface area contributed by atoms with Crippen molar-refractivity contribution in [3.8, 4) is 11.7 Å². The van der Waals surface area contributed by atoms with Crippen LogP contribution in [-0.4, -0.2) is 63.2 Å². The quantitative estimate of drug-likeness (QED) is 0.673. The van der Waals surface area contributed by atoms with Crippen LogP contribution in [0.3, 0.4) is 0 Å². The van der Waals surface area contributed by atoms with Gasteiger partial charge in [-0.3, -0.25) is 4.79 Å². The summed E-state index contributed by atoms with van der Waals surface area (Å²) in [6.45, 7) is 9.03. The van der Waals surface area contributed by atoms with Crippen molar-refractivity contribution < 1.29 is 28.5 Å². The summed E-state index contributed by atoms with van der Waals surface area (Å²) < 4.78 is 30.9. The van der Waals surface area contributed by atoms with Gasteiger partial charge in [-0.15, -0.1) is 0 Å². The monoisotopic (exact) mass is 418 g/mol. The zero-order valence-electron chi connectivity index (χ0n) is 17.6. The van der Waals surface area contributed by atoms with Crippen molar-refractivity contribution in [1.29, 1.82) is 0 Å². The van der Waals surface area contributed by atoms with Gasteiger partial charge < -0.3 is 23.7 Å². The summed E-state index contributed by atoms with van der Waals surface area (Å²) in [4.78, 5) is 12.2. The zero-order valence-corrected chi connectivity index (χ0v) is 17.6. The predicted octanol–water partition coefficient (Wildman–Crippen LogP) is 1.88. The molecule has 2 fully saturated rings. The van der Waals surface area contributed by atoms with Crippen LogP contribution in [0.5, 0.6) is 6.01 Å². The van der Waals surface area contributed by atoms with Crippen molar-refractivity contribution in [2.45, 2.75) is 65.0 Å². The number of hydrogen-bond donors (Lipinski definition) is 0. The van der Waals surface area contributed by atoms with Crippen LogP contribution in [0.1, 0.15) is 34.6 Å². The Kier molecular flexibility index (Phi) is 5.25. The molecule has 2 aliphatic rings. The Morgan fingerprint density at radius 2 is 1.87 bits per heavy atom. The lowest BCUT2D eigenvalue weighted by Crippen LogP contribution is -2.35. The molecule has 1 aromatic heterocycles. The van der Waals surface area contributed by atoms with Gasteiger partial charge in [0.05, 0.1) is 11.1 Å². The van der Waals surface area contributed by atoms with Gasteiger partial charge in [0.2, 0.25) is 6.29 Å². The molecule has 0 saturated carbocycles. The number of para-hydroxylation sites is 1. The van der Waals surface area contributed by atoms with Gasteiger partial charge in [0.25, 0.3) is 0 Å². The molecule has 2 aliphatic heterocycles. The molecular formula is C20H26N4O6. The SMILES string of the molecule is CC1(C)O[C@H]2[C@H](Oc3nnnn3-c3ccccc3)O[C@H](COC(=O)C(C)(C)C)[C@H]2O1. The third-order valence-corrected chi connectivity index (χ3v) is 4.76. The van der Waals surface area contributed by atoms with E-state index in [9.17, 15) is 4.79 Å². The highest BCUT2D eigenvalue weighted by Gasteiger charge is 2.57. The van der Waals surface area contributed by atoms with E-state index in [4.69, 9.17) is 23.7 Å². The Morgan fingerprint density at radius 3 is 2.57 bits per heavy atom. The number of aromatic nitrogens is 4. The zero-order chi connectivity index (χ0) is 21.5. The maximum atomic E-state index is 12.2. The molecule has 4 rings (SSSR count). The summed E-state index contributed by atoms with van der Waals surface area (Å²) in [5.74, 6) is -1.14. The van der Waals surface area contributed by atoms with E-state index in [0.717, 1.165) is 5.69 Å². The first-order valence-corrected chi connectivity index (χ1v) is 9.83. The molecule has 30 heavy (non-hydrogen) atoms. The molecule has 2 saturated heterocycles. The van der Waals surface area contributed by atoms with Crippen molar-refractivity contribution in [3.63, 3.8) is 0 Å². The van der Waals surface area contributed by atoms with Crippen LogP contribution in [0, 0.1) is 5.41 Å². The standard InChI is InChI=1S/C20H26N4O6/c1-19(2,3)17(25)26-11-13-14-15(30-20(4,5)29-14)16(27-13)28-18-21-22-23-24(18)12-9-7-6-8-10-12/h6-10,13-16H,11H2,1-5H3/t13-,14-,15-,16+/m1/s1. The van der Waals surface area contributed by atoms with Crippen LogP contribution in [0.4, 0.5) is 0 Å². The summed E-state index contributed by atoms with van der Waals surface area (Å²) in [5.41, 5.74) is 0.129. The Balaban J connectivity index is 1.50. The molecule has 3 heterocycles. The third-order valence-electron chi connectivity index (χ3n) is 4.76. The second-order valence-corrected chi connectivity index (χ2v) is 8.78. The Morgan fingerprint density at radius 1 is 1.17 bits per heavy atom. The summed E-state index contributed by atoms with van der Waals surface area (Å²) in [7, 11) is 0. The number of carbonyl (C=O) groups is 1. The van der Waals surface area contributed by atoms with E-state index in [0.29, 0.717) is 0 Å². The number of nitrogens with zero attached hydrogens (tertiary/aromatic N) is 4. The number of esters is 1. The average Bonchev–Trinajstić information content (AvgIpc) is 3.34. The van der Waals surface area contributed by atoms with E-state index in [1.165, 1.54) is 4.68 Å². The fourth-order valence-corrected chi connectivity index (χ4v) is 3.33. The largest absolute Gasteiger partial charge is 0.462 e. The fraction of sp³-hybridized carbons (Fsp3) is 0.600. The van der Waals surface area contributed by atoms with Crippen molar-refractivity contribution in [2.24, 2.45) is 5.41 Å². The van der Waals surface area contributed by atoms with E-state index in [1.807, 2.05) is 44.2 Å². The Labute approximate surface area is 174 Å². The van der Waals surface area contributed by atoms with E-state index in [1.54, 1.807) is 20.8 Å². The summed E-state index contributed by atoms with van der Waals surface area (Å²) in [6, 6.07) is 9.51. The van der Waals surface area contributed by atoms with Gasteiger partial charge in [0, 0.05) is 0 Å². The molecule has 1 aromatic carbocycles. The maximum absolute atomic E-state index is 12.2. The van der Waals surface area contributed by atoms with Gasteiger partial charge in [-0.2, -0.15) is 4.68 Å². The average molecular weight is 418 g/mol. The third kappa shape index (κ3) is 4.16. The molecule has 2 aromatic rings. The first kappa shape index (κ1) is 20.7. The molecule has 0 unspecified atom stereocenters. The molecule has 0 bridgehead atoms. The lowest BCUT2D eigenvalue weighted by atomic mass is 9.97. The van der Waals surface area contributed by atoms with E-state index >= 15 is 0 Å². The Bertz CT molecular complexity index is 894. The second kappa shape index (κ2) is 7.60. The molecule has 0 amide bonds. The summed E-state index contributed by atoms with van der Waals surface area (Å²) in [5, 5.41) is 11.6. The van der Waals surface area contributed by atoms with Gasteiger partial charge in [-0.1, -0.05) is 23.3 Å². The highest BCUT2D eigenvalue weighted by molar-refractivity contribution is 5.75.